The van der Waals surface area contributed by atoms with Gasteiger partial charge in [0.05, 0.1) is 0 Å². The molecule has 0 fully saturated rings. The van der Waals surface area contributed by atoms with Gasteiger partial charge in [0.1, 0.15) is 11.6 Å². The van der Waals surface area contributed by atoms with Crippen LogP contribution in [0.3, 0.4) is 0 Å². The summed E-state index contributed by atoms with van der Waals surface area (Å²) in [5, 5.41) is 1.66. The number of hydrogen-bond donors (Lipinski definition) is 0. The highest BCUT2D eigenvalue weighted by Crippen LogP contribution is 2.34. The lowest BCUT2D eigenvalue weighted by Crippen LogP contribution is -1.99. The number of nitrogens with zero attached hydrogens (tertiary/aromatic N) is 1. The summed E-state index contributed by atoms with van der Waals surface area (Å²) in [5.41, 5.74) is 1.42. The fourth-order valence-corrected chi connectivity index (χ4v) is 2.25. The molecule has 0 N–H and O–H groups in total. The highest BCUT2D eigenvalue weighted by molar-refractivity contribution is 5.95. The fourth-order valence-electron chi connectivity index (χ4n) is 2.25. The van der Waals surface area contributed by atoms with Gasteiger partial charge in [-0.15, -0.1) is 0 Å². The van der Waals surface area contributed by atoms with Crippen LogP contribution < -0.4 is 4.74 Å². The molecule has 2 rings (SSSR count). The smallest absolute Gasteiger partial charge is 0.298 e. The van der Waals surface area contributed by atoms with Crippen molar-refractivity contribution in [1.82, 2.24) is 4.90 Å². The van der Waals surface area contributed by atoms with Crippen LogP contribution in [0.2, 0.25) is 0 Å². The first-order valence-electron chi connectivity index (χ1n) is 8.41. The van der Waals surface area contributed by atoms with E-state index < -0.39 is 0 Å². The zero-order chi connectivity index (χ0) is 19.6. The Morgan fingerprint density at radius 3 is 2.16 bits per heavy atom. The zero-order valence-corrected chi connectivity index (χ0v) is 16.4. The summed E-state index contributed by atoms with van der Waals surface area (Å²) in [6, 6.07) is 6.57. The van der Waals surface area contributed by atoms with Crippen molar-refractivity contribution in [3.05, 3.63) is 47.8 Å². The Morgan fingerprint density at radius 2 is 1.72 bits per heavy atom. The van der Waals surface area contributed by atoms with Gasteiger partial charge >= 0.3 is 0 Å². The molecule has 0 radical (unpaired) electrons. The van der Waals surface area contributed by atoms with Crippen LogP contribution in [0.5, 0.6) is 5.75 Å². The van der Waals surface area contributed by atoms with Crippen molar-refractivity contribution in [2.24, 2.45) is 0 Å². The molecule has 0 bridgehead atoms. The fraction of sp³-hybridized carbons (Fsp3) is 0.381. The highest BCUT2D eigenvalue weighted by atomic mass is 19.1. The Hall–Kier alpha value is -2.20. The van der Waals surface area contributed by atoms with Crippen LogP contribution in [0.1, 0.15) is 44.7 Å². The van der Waals surface area contributed by atoms with E-state index in [0.717, 1.165) is 16.3 Å². The minimum Gasteiger partial charge on any atom is -0.429 e. The van der Waals surface area contributed by atoms with Gasteiger partial charge in [-0.25, -0.2) is 4.39 Å². The van der Waals surface area contributed by atoms with Gasteiger partial charge in [-0.1, -0.05) is 46.4 Å². The van der Waals surface area contributed by atoms with Gasteiger partial charge in [0.25, 0.3) is 6.47 Å². The SMILES string of the molecule is C=Cc1c(F)ccc2cc(OC=O)cc(C(C)C)c12.CC.CN(C)C. The number of ether oxygens (including phenoxy) is 1. The quantitative estimate of drug-likeness (QED) is 0.685. The first-order valence-corrected chi connectivity index (χ1v) is 8.41. The van der Waals surface area contributed by atoms with Gasteiger partial charge in [0.15, 0.2) is 0 Å². The molecule has 0 saturated heterocycles. The van der Waals surface area contributed by atoms with E-state index in [1.807, 2.05) is 53.7 Å². The summed E-state index contributed by atoms with van der Waals surface area (Å²) in [4.78, 5) is 12.5. The second-order valence-electron chi connectivity index (χ2n) is 5.99. The molecule has 2 aromatic rings. The molecule has 0 aliphatic carbocycles. The molecule has 0 aliphatic rings. The normalized spacial score (nSPS) is 9.84. The predicted octanol–water partition coefficient (Wildman–Crippen LogP) is 5.48. The number of fused-ring (bicyclic) bond motifs is 1. The predicted molar refractivity (Wildman–Crippen MR) is 106 cm³/mol. The number of carbonyl (C=O) groups excluding carboxylic acids is 1. The van der Waals surface area contributed by atoms with Crippen molar-refractivity contribution >= 4 is 23.3 Å². The molecule has 3 nitrogen and oxygen atoms in total. The number of carbonyl (C=O) groups is 1. The van der Waals surface area contributed by atoms with Crippen molar-refractivity contribution < 1.29 is 13.9 Å². The van der Waals surface area contributed by atoms with Crippen LogP contribution in [-0.4, -0.2) is 32.5 Å². The standard InChI is InChI=1S/C16H15FO2.C3H9N.C2H6/c1-4-13-15(17)6-5-11-7-12(19-9-18)8-14(10(2)3)16(11)13;1-4(2)3;1-2/h4-10H,1H2,2-3H3;1-3H3;1-2H3. The number of hydrogen-bond acceptors (Lipinski definition) is 3. The van der Waals surface area contributed by atoms with Crippen molar-refractivity contribution in [3.63, 3.8) is 0 Å². The summed E-state index contributed by atoms with van der Waals surface area (Å²) in [6.07, 6.45) is 1.52. The summed E-state index contributed by atoms with van der Waals surface area (Å²) in [5.74, 6) is 0.347. The Balaban J connectivity index is 0.000000845. The van der Waals surface area contributed by atoms with E-state index >= 15 is 0 Å². The van der Waals surface area contributed by atoms with Gasteiger partial charge in [0, 0.05) is 5.56 Å². The molecule has 0 spiro atoms. The first kappa shape index (κ1) is 22.8. The monoisotopic (exact) mass is 347 g/mol. The third-order valence-corrected chi connectivity index (χ3v) is 3.12. The maximum Gasteiger partial charge on any atom is 0.298 e. The van der Waals surface area contributed by atoms with E-state index in [1.165, 1.54) is 12.1 Å². The second-order valence-corrected chi connectivity index (χ2v) is 5.99. The molecule has 2 aromatic carbocycles. The van der Waals surface area contributed by atoms with Crippen molar-refractivity contribution in [2.45, 2.75) is 33.6 Å². The van der Waals surface area contributed by atoms with Gasteiger partial charge in [-0.2, -0.15) is 0 Å². The van der Waals surface area contributed by atoms with E-state index in [2.05, 4.69) is 6.58 Å². The van der Waals surface area contributed by atoms with Gasteiger partial charge in [0.2, 0.25) is 0 Å². The third kappa shape index (κ3) is 6.67. The van der Waals surface area contributed by atoms with Gasteiger partial charge in [-0.05, 0) is 61.6 Å². The lowest BCUT2D eigenvalue weighted by atomic mass is 9.92. The maximum atomic E-state index is 13.9. The van der Waals surface area contributed by atoms with E-state index in [4.69, 9.17) is 4.74 Å². The molecule has 138 valence electrons. The summed E-state index contributed by atoms with van der Waals surface area (Å²) in [7, 11) is 6.00. The minimum atomic E-state index is -0.298. The van der Waals surface area contributed by atoms with E-state index in [9.17, 15) is 9.18 Å². The zero-order valence-electron chi connectivity index (χ0n) is 16.4. The first-order chi connectivity index (χ1) is 11.8. The van der Waals surface area contributed by atoms with Crippen LogP contribution in [0, 0.1) is 5.82 Å². The molecule has 4 heteroatoms. The van der Waals surface area contributed by atoms with Crippen LogP contribution in [-0.2, 0) is 4.79 Å². The Kier molecular flexibility index (Phi) is 10.4. The summed E-state index contributed by atoms with van der Waals surface area (Å²) >= 11 is 0. The molecule has 25 heavy (non-hydrogen) atoms. The van der Waals surface area contributed by atoms with Crippen LogP contribution in [0.25, 0.3) is 16.8 Å². The topological polar surface area (TPSA) is 29.5 Å². The Bertz CT molecular complexity index is 691. The average molecular weight is 347 g/mol. The molecule has 0 saturated carbocycles. The Morgan fingerprint density at radius 1 is 1.16 bits per heavy atom. The molecule has 0 unspecified atom stereocenters. The van der Waals surface area contributed by atoms with Crippen LogP contribution in [0.4, 0.5) is 4.39 Å². The second kappa shape index (κ2) is 11.4. The number of rotatable bonds is 4. The molecule has 0 aromatic heterocycles. The van der Waals surface area contributed by atoms with Crippen LogP contribution in [0.15, 0.2) is 30.8 Å². The van der Waals surface area contributed by atoms with Gasteiger partial charge in [-0.3, -0.25) is 4.79 Å². The molecular weight excluding hydrogens is 317 g/mol. The minimum absolute atomic E-state index is 0.179. The van der Waals surface area contributed by atoms with E-state index in [-0.39, 0.29) is 11.7 Å². The van der Waals surface area contributed by atoms with E-state index in [1.54, 1.807) is 18.2 Å². The largest absolute Gasteiger partial charge is 0.429 e. The summed E-state index contributed by atoms with van der Waals surface area (Å²) in [6.45, 7) is 12.1. The molecule has 0 aliphatic heterocycles. The van der Waals surface area contributed by atoms with Crippen molar-refractivity contribution in [1.29, 1.82) is 0 Å². The number of benzene rings is 2. The highest BCUT2D eigenvalue weighted by Gasteiger charge is 2.13. The summed E-state index contributed by atoms with van der Waals surface area (Å²) < 4.78 is 18.8. The molecule has 0 heterocycles. The van der Waals surface area contributed by atoms with Crippen LogP contribution >= 0.6 is 0 Å². The third-order valence-electron chi connectivity index (χ3n) is 3.12. The molecule has 0 amide bonds. The lowest BCUT2D eigenvalue weighted by Gasteiger charge is -2.14. The van der Waals surface area contributed by atoms with Gasteiger partial charge < -0.3 is 9.64 Å². The lowest BCUT2D eigenvalue weighted by molar-refractivity contribution is -0.120. The maximum absolute atomic E-state index is 13.9. The Labute approximate surface area is 151 Å². The average Bonchev–Trinajstić information content (AvgIpc) is 2.56. The number of halogens is 1. The van der Waals surface area contributed by atoms with Crippen molar-refractivity contribution in [3.8, 4) is 5.75 Å². The molecular formula is C21H30FNO2. The molecule has 0 atom stereocenters. The van der Waals surface area contributed by atoms with E-state index in [0.29, 0.717) is 17.8 Å². The van der Waals surface area contributed by atoms with Crippen molar-refractivity contribution in [2.75, 3.05) is 21.1 Å².